The zero-order valence-corrected chi connectivity index (χ0v) is 15.1. The first-order chi connectivity index (χ1) is 11.3. The van der Waals surface area contributed by atoms with E-state index in [0.29, 0.717) is 26.2 Å². The lowest BCUT2D eigenvalue weighted by Gasteiger charge is -2.37. The number of carbonyl (C=O) groups excluding carboxylic acids is 2. The average Bonchev–Trinajstić information content (AvgIpc) is 2.80. The van der Waals surface area contributed by atoms with Gasteiger partial charge in [0.15, 0.2) is 0 Å². The van der Waals surface area contributed by atoms with Crippen LogP contribution in [0.2, 0.25) is 0 Å². The molecule has 2 rings (SSSR count). The summed E-state index contributed by atoms with van der Waals surface area (Å²) in [6, 6.07) is -0.260. The van der Waals surface area contributed by atoms with Crippen molar-refractivity contribution in [3.05, 3.63) is 11.4 Å². The average molecular weight is 337 g/mol. The van der Waals surface area contributed by atoms with Gasteiger partial charge >= 0.3 is 0 Å². The summed E-state index contributed by atoms with van der Waals surface area (Å²) in [6.07, 6.45) is 0. The molecule has 1 atom stereocenters. The normalized spacial score (nSPS) is 17.0. The van der Waals surface area contributed by atoms with Crippen LogP contribution in [0.15, 0.2) is 0 Å². The molecule has 24 heavy (non-hydrogen) atoms. The second-order valence-electron chi connectivity index (χ2n) is 6.18. The van der Waals surface area contributed by atoms with Gasteiger partial charge in [-0.2, -0.15) is 5.10 Å². The van der Waals surface area contributed by atoms with Gasteiger partial charge in [-0.05, 0) is 20.8 Å². The van der Waals surface area contributed by atoms with Crippen LogP contribution >= 0.6 is 0 Å². The minimum absolute atomic E-state index is 0.00383. The van der Waals surface area contributed by atoms with Crippen molar-refractivity contribution in [2.24, 2.45) is 7.05 Å². The predicted octanol–water partition coefficient (Wildman–Crippen LogP) is 0.155. The number of amides is 2. The lowest BCUT2D eigenvalue weighted by Crippen LogP contribution is -2.54. The lowest BCUT2D eigenvalue weighted by atomic mass is 10.2. The fraction of sp³-hybridized carbons (Fsp3) is 0.688. The summed E-state index contributed by atoms with van der Waals surface area (Å²) < 4.78 is 6.64. The van der Waals surface area contributed by atoms with E-state index in [0.717, 1.165) is 17.1 Å². The van der Waals surface area contributed by atoms with Crippen molar-refractivity contribution in [1.29, 1.82) is 0 Å². The quantitative estimate of drug-likeness (QED) is 0.828. The summed E-state index contributed by atoms with van der Waals surface area (Å²) in [5, 5.41) is 7.30. The van der Waals surface area contributed by atoms with Crippen LogP contribution in [0.3, 0.4) is 0 Å². The summed E-state index contributed by atoms with van der Waals surface area (Å²) in [6.45, 7) is 8.39. The van der Waals surface area contributed by atoms with Gasteiger partial charge < -0.3 is 15.0 Å². The molecule has 1 N–H and O–H groups in total. The van der Waals surface area contributed by atoms with E-state index in [4.69, 9.17) is 4.74 Å². The SMILES string of the molecule is COCC(=O)N1CCN(C(C)C(=O)Nc2c(C)nn(C)c2C)CC1. The van der Waals surface area contributed by atoms with Crippen LogP contribution in [0.4, 0.5) is 5.69 Å². The van der Waals surface area contributed by atoms with Crippen molar-refractivity contribution in [2.45, 2.75) is 26.8 Å². The largest absolute Gasteiger partial charge is 0.375 e. The summed E-state index contributed by atoms with van der Waals surface area (Å²) in [7, 11) is 3.38. The fourth-order valence-electron chi connectivity index (χ4n) is 2.92. The lowest BCUT2D eigenvalue weighted by molar-refractivity contribution is -0.137. The highest BCUT2D eigenvalue weighted by Gasteiger charge is 2.28. The fourth-order valence-corrected chi connectivity index (χ4v) is 2.92. The molecular formula is C16H27N5O3. The highest BCUT2D eigenvalue weighted by atomic mass is 16.5. The first kappa shape index (κ1) is 18.4. The van der Waals surface area contributed by atoms with Crippen molar-refractivity contribution >= 4 is 17.5 Å². The molecule has 0 spiro atoms. The van der Waals surface area contributed by atoms with Crippen LogP contribution in [0.1, 0.15) is 18.3 Å². The van der Waals surface area contributed by atoms with Crippen LogP contribution < -0.4 is 5.32 Å². The summed E-state index contributed by atoms with van der Waals surface area (Å²) >= 11 is 0. The number of rotatable bonds is 5. The molecule has 1 aliphatic rings. The smallest absolute Gasteiger partial charge is 0.248 e. The molecular weight excluding hydrogens is 310 g/mol. The van der Waals surface area contributed by atoms with Gasteiger partial charge in [-0.3, -0.25) is 19.2 Å². The number of methoxy groups -OCH3 is 1. The molecule has 1 aromatic heterocycles. The van der Waals surface area contributed by atoms with E-state index in [1.807, 2.05) is 27.8 Å². The Hall–Kier alpha value is -1.93. The van der Waals surface area contributed by atoms with Gasteiger partial charge in [-0.15, -0.1) is 0 Å². The Balaban J connectivity index is 1.91. The molecule has 8 heteroatoms. The molecule has 0 saturated carbocycles. The monoisotopic (exact) mass is 337 g/mol. The molecule has 0 aromatic carbocycles. The van der Waals surface area contributed by atoms with E-state index in [2.05, 4.69) is 15.3 Å². The Morgan fingerprint density at radius 3 is 2.38 bits per heavy atom. The summed E-state index contributed by atoms with van der Waals surface area (Å²) in [4.78, 5) is 28.2. The maximum atomic E-state index is 12.6. The molecule has 134 valence electrons. The molecule has 8 nitrogen and oxygen atoms in total. The van der Waals surface area contributed by atoms with Crippen molar-refractivity contribution in [2.75, 3.05) is 45.2 Å². The number of hydrogen-bond acceptors (Lipinski definition) is 5. The van der Waals surface area contributed by atoms with Crippen LogP contribution in [0.25, 0.3) is 0 Å². The Morgan fingerprint density at radius 2 is 1.88 bits per heavy atom. The predicted molar refractivity (Wildman–Crippen MR) is 90.8 cm³/mol. The molecule has 1 unspecified atom stereocenters. The molecule has 0 aliphatic carbocycles. The Kier molecular flexibility index (Phi) is 5.95. The number of anilines is 1. The van der Waals surface area contributed by atoms with Crippen molar-refractivity contribution in [3.8, 4) is 0 Å². The molecule has 1 saturated heterocycles. The van der Waals surface area contributed by atoms with E-state index in [1.165, 1.54) is 7.11 Å². The third-order valence-electron chi connectivity index (χ3n) is 4.62. The highest BCUT2D eigenvalue weighted by molar-refractivity contribution is 5.95. The maximum Gasteiger partial charge on any atom is 0.248 e. The molecule has 1 aliphatic heterocycles. The number of carbonyl (C=O) groups is 2. The second kappa shape index (κ2) is 7.76. The van der Waals surface area contributed by atoms with Gasteiger partial charge in [0.05, 0.1) is 23.1 Å². The van der Waals surface area contributed by atoms with Crippen molar-refractivity contribution in [3.63, 3.8) is 0 Å². The number of piperazine rings is 1. The zero-order valence-electron chi connectivity index (χ0n) is 15.1. The van der Waals surface area contributed by atoms with E-state index in [1.54, 1.807) is 9.58 Å². The number of aryl methyl sites for hydroxylation is 2. The standard InChI is InChI=1S/C16H27N5O3/c1-11-15(12(2)19(4)18-11)17-16(23)13(3)20-6-8-21(9-7-20)14(22)10-24-5/h13H,6-10H2,1-5H3,(H,17,23). The number of aromatic nitrogens is 2. The van der Waals surface area contributed by atoms with Crippen molar-refractivity contribution in [1.82, 2.24) is 19.6 Å². The third-order valence-corrected chi connectivity index (χ3v) is 4.62. The minimum atomic E-state index is -0.260. The second-order valence-corrected chi connectivity index (χ2v) is 6.18. The van der Waals surface area contributed by atoms with Crippen molar-refractivity contribution < 1.29 is 14.3 Å². The Morgan fingerprint density at radius 1 is 1.25 bits per heavy atom. The van der Waals surface area contributed by atoms with Gasteiger partial charge in [-0.1, -0.05) is 0 Å². The topological polar surface area (TPSA) is 79.7 Å². The molecule has 0 bridgehead atoms. The van der Waals surface area contributed by atoms with E-state index in [9.17, 15) is 9.59 Å². The molecule has 2 amide bonds. The van der Waals surface area contributed by atoms with Crippen LogP contribution in [-0.4, -0.2) is 77.3 Å². The highest BCUT2D eigenvalue weighted by Crippen LogP contribution is 2.19. The third kappa shape index (κ3) is 3.93. The van der Waals surface area contributed by atoms with Gasteiger partial charge in [0.1, 0.15) is 6.61 Å². The van der Waals surface area contributed by atoms with Gasteiger partial charge in [0.2, 0.25) is 11.8 Å². The number of nitrogens with one attached hydrogen (secondary N) is 1. The summed E-state index contributed by atoms with van der Waals surface area (Å²) in [5.41, 5.74) is 2.52. The van der Waals surface area contributed by atoms with Crippen LogP contribution in [-0.2, 0) is 21.4 Å². The van der Waals surface area contributed by atoms with E-state index >= 15 is 0 Å². The number of nitrogens with zero attached hydrogens (tertiary/aromatic N) is 4. The van der Waals surface area contributed by atoms with E-state index < -0.39 is 0 Å². The van der Waals surface area contributed by atoms with Gasteiger partial charge in [0, 0.05) is 40.3 Å². The first-order valence-electron chi connectivity index (χ1n) is 8.17. The molecule has 0 radical (unpaired) electrons. The Bertz CT molecular complexity index is 605. The zero-order chi connectivity index (χ0) is 17.9. The summed E-state index contributed by atoms with van der Waals surface area (Å²) in [5.74, 6) is -0.0540. The van der Waals surface area contributed by atoms with Gasteiger partial charge in [0.25, 0.3) is 0 Å². The molecule has 2 heterocycles. The minimum Gasteiger partial charge on any atom is -0.375 e. The Labute approximate surface area is 142 Å². The molecule has 1 fully saturated rings. The van der Waals surface area contributed by atoms with E-state index in [-0.39, 0.29) is 24.5 Å². The number of ether oxygens (including phenoxy) is 1. The van der Waals surface area contributed by atoms with Gasteiger partial charge in [-0.25, -0.2) is 0 Å². The van der Waals surface area contributed by atoms with Crippen LogP contribution in [0, 0.1) is 13.8 Å². The maximum absolute atomic E-state index is 12.6. The molecule has 1 aromatic rings. The first-order valence-corrected chi connectivity index (χ1v) is 8.17. The van der Waals surface area contributed by atoms with Crippen LogP contribution in [0.5, 0.6) is 0 Å². The number of hydrogen-bond donors (Lipinski definition) is 1.